The Morgan fingerprint density at radius 2 is 2.00 bits per heavy atom. The highest BCUT2D eigenvalue weighted by atomic mass is 19.4. The smallest absolute Gasteiger partial charge is 0.261 e. The third-order valence-corrected chi connectivity index (χ3v) is 1.93. The van der Waals surface area contributed by atoms with E-state index in [0.717, 1.165) is 6.07 Å². The van der Waals surface area contributed by atoms with Crippen molar-refractivity contribution in [2.24, 2.45) is 0 Å². The van der Waals surface area contributed by atoms with Gasteiger partial charge in [0.2, 0.25) is 0 Å². The van der Waals surface area contributed by atoms with Gasteiger partial charge in [-0.15, -0.1) is 0 Å². The molecule has 1 aromatic rings. The summed E-state index contributed by atoms with van der Waals surface area (Å²) in [6.07, 6.45) is -2.72. The first-order valence-electron chi connectivity index (χ1n) is 3.98. The third-order valence-electron chi connectivity index (χ3n) is 1.93. The molecule has 0 aliphatic rings. The lowest BCUT2D eigenvalue weighted by Crippen LogP contribution is -2.10. The minimum atomic E-state index is -4.26. The number of hydrogen-bond donors (Lipinski definition) is 0. The fraction of sp³-hybridized carbons (Fsp3) is 0.444. The second kappa shape index (κ2) is 3.36. The summed E-state index contributed by atoms with van der Waals surface area (Å²) in [4.78, 5) is 3.82. The molecule has 0 fully saturated rings. The predicted molar refractivity (Wildman–Crippen MR) is 43.4 cm³/mol. The van der Waals surface area contributed by atoms with Crippen molar-refractivity contribution < 1.29 is 13.2 Å². The van der Waals surface area contributed by atoms with Crippen molar-refractivity contribution in [1.29, 1.82) is 0 Å². The molecule has 0 atom stereocenters. The van der Waals surface area contributed by atoms with E-state index >= 15 is 0 Å². The van der Waals surface area contributed by atoms with E-state index < -0.39 is 11.7 Å². The van der Waals surface area contributed by atoms with Gasteiger partial charge >= 0.3 is 6.18 Å². The molecule has 0 aromatic carbocycles. The van der Waals surface area contributed by atoms with Crippen LogP contribution in [0.15, 0.2) is 12.3 Å². The zero-order valence-electron chi connectivity index (χ0n) is 7.44. The highest BCUT2D eigenvalue weighted by Crippen LogP contribution is 2.32. The summed E-state index contributed by atoms with van der Waals surface area (Å²) < 4.78 is 37.2. The van der Waals surface area contributed by atoms with Crippen LogP contribution in [0.2, 0.25) is 0 Å². The van der Waals surface area contributed by atoms with Gasteiger partial charge in [0, 0.05) is 11.9 Å². The summed E-state index contributed by atoms with van der Waals surface area (Å²) in [6.45, 7) is 3.29. The fourth-order valence-corrected chi connectivity index (χ4v) is 1.31. The molecule has 0 saturated carbocycles. The molecule has 0 saturated heterocycles. The first kappa shape index (κ1) is 10.0. The summed E-state index contributed by atoms with van der Waals surface area (Å²) >= 11 is 0. The maximum atomic E-state index is 12.4. The van der Waals surface area contributed by atoms with Gasteiger partial charge in [-0.25, -0.2) is 0 Å². The molecular weight excluding hydrogens is 179 g/mol. The Kier molecular flexibility index (Phi) is 2.59. The Labute approximate surface area is 74.6 Å². The molecular formula is C9H10F3N. The zero-order valence-corrected chi connectivity index (χ0v) is 7.44. The lowest BCUT2D eigenvalue weighted by Gasteiger charge is -2.12. The van der Waals surface area contributed by atoms with Gasteiger partial charge in [0.15, 0.2) is 0 Å². The second-order valence-corrected chi connectivity index (χ2v) is 2.77. The fourth-order valence-electron chi connectivity index (χ4n) is 1.31. The monoisotopic (exact) mass is 189 g/mol. The van der Waals surface area contributed by atoms with Crippen molar-refractivity contribution in [1.82, 2.24) is 4.98 Å². The van der Waals surface area contributed by atoms with Gasteiger partial charge in [0.1, 0.15) is 0 Å². The molecule has 72 valence electrons. The number of hydrogen-bond acceptors (Lipinski definition) is 1. The molecule has 0 N–H and O–H groups in total. The van der Waals surface area contributed by atoms with E-state index in [0.29, 0.717) is 12.1 Å². The highest BCUT2D eigenvalue weighted by molar-refractivity contribution is 5.31. The molecule has 0 spiro atoms. The largest absolute Gasteiger partial charge is 0.416 e. The average Bonchev–Trinajstić information content (AvgIpc) is 2.02. The number of aryl methyl sites for hydroxylation is 1. The van der Waals surface area contributed by atoms with Gasteiger partial charge in [-0.1, -0.05) is 6.92 Å². The van der Waals surface area contributed by atoms with Gasteiger partial charge in [0.25, 0.3) is 0 Å². The van der Waals surface area contributed by atoms with Crippen molar-refractivity contribution in [3.8, 4) is 0 Å². The van der Waals surface area contributed by atoms with Gasteiger partial charge in [-0.3, -0.25) is 4.98 Å². The molecule has 0 radical (unpaired) electrons. The van der Waals surface area contributed by atoms with Crippen LogP contribution in [0.25, 0.3) is 0 Å². The average molecular weight is 189 g/mol. The van der Waals surface area contributed by atoms with Crippen molar-refractivity contribution in [2.45, 2.75) is 26.4 Å². The van der Waals surface area contributed by atoms with E-state index in [4.69, 9.17) is 0 Å². The molecule has 4 heteroatoms. The molecule has 0 aliphatic carbocycles. The predicted octanol–water partition coefficient (Wildman–Crippen LogP) is 2.97. The van der Waals surface area contributed by atoms with E-state index in [9.17, 15) is 13.2 Å². The van der Waals surface area contributed by atoms with Crippen LogP contribution in [0.4, 0.5) is 13.2 Å². The van der Waals surface area contributed by atoms with E-state index in [1.807, 2.05) is 0 Å². The van der Waals surface area contributed by atoms with E-state index in [1.165, 1.54) is 6.20 Å². The van der Waals surface area contributed by atoms with E-state index in [2.05, 4.69) is 4.98 Å². The number of rotatable bonds is 1. The molecule has 1 aromatic heterocycles. The summed E-state index contributed by atoms with van der Waals surface area (Å²) in [7, 11) is 0. The van der Waals surface area contributed by atoms with Crippen LogP contribution < -0.4 is 0 Å². The maximum absolute atomic E-state index is 12.4. The molecule has 13 heavy (non-hydrogen) atoms. The van der Waals surface area contributed by atoms with Crippen molar-refractivity contribution in [3.63, 3.8) is 0 Å². The van der Waals surface area contributed by atoms with Crippen LogP contribution in [-0.4, -0.2) is 4.98 Å². The lowest BCUT2D eigenvalue weighted by molar-refractivity contribution is -0.138. The van der Waals surface area contributed by atoms with Crippen LogP contribution in [-0.2, 0) is 12.6 Å². The zero-order chi connectivity index (χ0) is 10.1. The minimum Gasteiger partial charge on any atom is -0.261 e. The molecule has 1 rings (SSSR count). The Morgan fingerprint density at radius 1 is 1.38 bits per heavy atom. The minimum absolute atomic E-state index is 0.287. The molecule has 0 aliphatic heterocycles. The lowest BCUT2D eigenvalue weighted by atomic mass is 10.0. The standard InChI is InChI=1S/C9H10F3N/c1-3-7-6(2)13-5-4-8(7)9(10,11)12/h4-5H,3H2,1-2H3. The van der Waals surface area contributed by atoms with Crippen molar-refractivity contribution in [2.75, 3.05) is 0 Å². The van der Waals surface area contributed by atoms with Crippen LogP contribution in [0, 0.1) is 6.92 Å². The van der Waals surface area contributed by atoms with Crippen molar-refractivity contribution >= 4 is 0 Å². The van der Waals surface area contributed by atoms with Gasteiger partial charge in [-0.2, -0.15) is 13.2 Å². The summed E-state index contributed by atoms with van der Waals surface area (Å²) in [5, 5.41) is 0. The normalized spacial score (nSPS) is 11.8. The molecule has 0 bridgehead atoms. The maximum Gasteiger partial charge on any atom is 0.416 e. The highest BCUT2D eigenvalue weighted by Gasteiger charge is 2.33. The summed E-state index contributed by atoms with van der Waals surface area (Å²) in [5.41, 5.74) is 0.176. The second-order valence-electron chi connectivity index (χ2n) is 2.77. The van der Waals surface area contributed by atoms with Crippen LogP contribution >= 0.6 is 0 Å². The summed E-state index contributed by atoms with van der Waals surface area (Å²) in [6, 6.07) is 1.02. The van der Waals surface area contributed by atoms with E-state index in [1.54, 1.807) is 13.8 Å². The van der Waals surface area contributed by atoms with Crippen molar-refractivity contribution in [3.05, 3.63) is 29.1 Å². The van der Waals surface area contributed by atoms with Crippen LogP contribution in [0.5, 0.6) is 0 Å². The Morgan fingerprint density at radius 3 is 2.38 bits per heavy atom. The number of aromatic nitrogens is 1. The Balaban J connectivity index is 3.29. The quantitative estimate of drug-likeness (QED) is 0.661. The third kappa shape index (κ3) is 1.99. The molecule has 0 amide bonds. The van der Waals surface area contributed by atoms with Crippen LogP contribution in [0.3, 0.4) is 0 Å². The van der Waals surface area contributed by atoms with Crippen LogP contribution in [0.1, 0.15) is 23.7 Å². The van der Waals surface area contributed by atoms with Gasteiger partial charge in [-0.05, 0) is 25.0 Å². The van der Waals surface area contributed by atoms with E-state index in [-0.39, 0.29) is 5.56 Å². The van der Waals surface area contributed by atoms with Gasteiger partial charge in [0.05, 0.1) is 5.56 Å². The topological polar surface area (TPSA) is 12.9 Å². The number of pyridine rings is 1. The number of nitrogens with zero attached hydrogens (tertiary/aromatic N) is 1. The molecule has 1 nitrogen and oxygen atoms in total. The number of alkyl halides is 3. The number of halogens is 3. The summed E-state index contributed by atoms with van der Waals surface area (Å²) in [5.74, 6) is 0. The first-order chi connectivity index (χ1) is 5.96. The SMILES string of the molecule is CCc1c(C(F)(F)F)ccnc1C. The Bertz CT molecular complexity index is 304. The Hall–Kier alpha value is -1.06. The van der Waals surface area contributed by atoms with Gasteiger partial charge < -0.3 is 0 Å². The molecule has 1 heterocycles. The molecule has 0 unspecified atom stereocenters. The first-order valence-corrected chi connectivity index (χ1v) is 3.98.